The highest BCUT2D eigenvalue weighted by Gasteiger charge is 2.24. The number of aldehydes is 1. The van der Waals surface area contributed by atoms with Crippen LogP contribution < -0.4 is 16.0 Å². The van der Waals surface area contributed by atoms with Gasteiger partial charge in [-0.05, 0) is 50.1 Å². The van der Waals surface area contributed by atoms with Crippen molar-refractivity contribution in [3.63, 3.8) is 0 Å². The number of amides is 3. The lowest BCUT2D eigenvalue weighted by molar-refractivity contribution is -0.115. The van der Waals surface area contributed by atoms with Crippen molar-refractivity contribution in [1.29, 1.82) is 0 Å². The predicted molar refractivity (Wildman–Crippen MR) is 158 cm³/mol. The average Bonchev–Trinajstić information content (AvgIpc) is 3.37. The Morgan fingerprint density at radius 1 is 1.02 bits per heavy atom. The average molecular weight is 563 g/mol. The van der Waals surface area contributed by atoms with Gasteiger partial charge in [-0.25, -0.2) is 9.78 Å². The first-order valence-electron chi connectivity index (χ1n) is 12.6. The Kier molecular flexibility index (Phi) is 9.60. The number of carbonyl (C=O) groups excluding carboxylic acids is 4. The first kappa shape index (κ1) is 30.2. The number of alkyl carbamates (subject to hydrolysis) is 1. The Morgan fingerprint density at radius 3 is 2.45 bits per heavy atom. The quantitative estimate of drug-likeness (QED) is 0.283. The van der Waals surface area contributed by atoms with Gasteiger partial charge in [0.25, 0.3) is 5.91 Å². The Balaban J connectivity index is 1.56. The third-order valence-corrected chi connectivity index (χ3v) is 6.63. The second kappa shape index (κ2) is 12.7. The van der Waals surface area contributed by atoms with Gasteiger partial charge in [0.1, 0.15) is 5.60 Å². The van der Waals surface area contributed by atoms with E-state index in [9.17, 15) is 19.2 Å². The number of ether oxygens (including phenoxy) is 1. The molecule has 3 rings (SSSR count). The molecule has 1 aromatic heterocycles. The maximum Gasteiger partial charge on any atom is 0.407 e. The monoisotopic (exact) mass is 562 g/mol. The zero-order valence-electron chi connectivity index (χ0n) is 23.3. The van der Waals surface area contributed by atoms with Crippen LogP contribution in [0.5, 0.6) is 0 Å². The lowest BCUT2D eigenvalue weighted by Crippen LogP contribution is -2.40. The first-order chi connectivity index (χ1) is 18.8. The van der Waals surface area contributed by atoms with Gasteiger partial charge in [-0.15, -0.1) is 11.3 Å². The van der Waals surface area contributed by atoms with E-state index < -0.39 is 28.9 Å². The summed E-state index contributed by atoms with van der Waals surface area (Å²) >= 11 is 1.24. The first-order valence-corrected chi connectivity index (χ1v) is 13.5. The van der Waals surface area contributed by atoms with Crippen LogP contribution in [0.1, 0.15) is 66.5 Å². The van der Waals surface area contributed by atoms with Crippen LogP contribution in [-0.4, -0.2) is 47.9 Å². The van der Waals surface area contributed by atoms with Crippen molar-refractivity contribution < 1.29 is 23.9 Å². The molecule has 0 saturated heterocycles. The van der Waals surface area contributed by atoms with Crippen molar-refractivity contribution in [3.05, 3.63) is 76.7 Å². The lowest BCUT2D eigenvalue weighted by atomic mass is 9.84. The van der Waals surface area contributed by atoms with Gasteiger partial charge in [-0.1, -0.05) is 50.8 Å². The van der Waals surface area contributed by atoms with Gasteiger partial charge >= 0.3 is 6.09 Å². The third kappa shape index (κ3) is 8.34. The summed E-state index contributed by atoms with van der Waals surface area (Å²) < 4.78 is 5.30. The Morgan fingerprint density at radius 2 is 1.77 bits per heavy atom. The molecule has 0 radical (unpaired) electrons. The number of nitrogens with one attached hydrogen (secondary N) is 3. The topological polar surface area (TPSA) is 126 Å². The van der Waals surface area contributed by atoms with Crippen LogP contribution in [-0.2, 0) is 14.9 Å². The minimum atomic E-state index is -0.598. The van der Waals surface area contributed by atoms with E-state index >= 15 is 0 Å². The van der Waals surface area contributed by atoms with E-state index in [1.54, 1.807) is 62.6 Å². The molecule has 1 heterocycles. The smallest absolute Gasteiger partial charge is 0.407 e. The van der Waals surface area contributed by atoms with Crippen molar-refractivity contribution >= 4 is 46.7 Å². The summed E-state index contributed by atoms with van der Waals surface area (Å²) in [5.41, 5.74) is 2.73. The molecule has 3 amide bonds. The summed E-state index contributed by atoms with van der Waals surface area (Å²) in [6, 6.07) is 12.4. The molecule has 0 aliphatic rings. The molecular formula is C30H34N4O5S. The number of thiazole rings is 1. The van der Waals surface area contributed by atoms with Crippen LogP contribution in [0.25, 0.3) is 17.3 Å². The van der Waals surface area contributed by atoms with Crippen LogP contribution in [0, 0.1) is 0 Å². The van der Waals surface area contributed by atoms with Crippen LogP contribution in [0.3, 0.4) is 0 Å². The number of nitrogens with zero attached hydrogens (tertiary/aromatic N) is 1. The van der Waals surface area contributed by atoms with Gasteiger partial charge in [0, 0.05) is 34.0 Å². The van der Waals surface area contributed by atoms with Crippen LogP contribution in [0.4, 0.5) is 9.93 Å². The molecule has 0 atom stereocenters. The van der Waals surface area contributed by atoms with E-state index in [1.165, 1.54) is 11.3 Å². The molecule has 9 nitrogen and oxygen atoms in total. The molecule has 0 bridgehead atoms. The molecule has 0 fully saturated rings. The molecule has 0 unspecified atom stereocenters. The van der Waals surface area contributed by atoms with Gasteiger partial charge in [0.05, 0.1) is 12.2 Å². The normalized spacial score (nSPS) is 11.3. The Labute approximate surface area is 238 Å². The number of hydrogen-bond acceptors (Lipinski definition) is 7. The largest absolute Gasteiger partial charge is 0.444 e. The SMILES string of the molecule is C=Cc1ccc(-c2csc(NC(=O)CNC(=O)c3cccc(C(C)(C)CNC(=O)OC(C)(C)C)c3)n2)cc1C=O. The molecule has 10 heteroatoms. The van der Waals surface area contributed by atoms with E-state index in [2.05, 4.69) is 27.5 Å². The summed E-state index contributed by atoms with van der Waals surface area (Å²) in [4.78, 5) is 53.1. The fraction of sp³-hybridized carbons (Fsp3) is 0.300. The fourth-order valence-electron chi connectivity index (χ4n) is 3.70. The lowest BCUT2D eigenvalue weighted by Gasteiger charge is -2.27. The molecule has 210 valence electrons. The molecule has 0 aliphatic heterocycles. The second-order valence-electron chi connectivity index (χ2n) is 10.8. The predicted octanol–water partition coefficient (Wildman–Crippen LogP) is 5.44. The van der Waals surface area contributed by atoms with Crippen molar-refractivity contribution in [2.45, 2.75) is 45.6 Å². The molecule has 40 heavy (non-hydrogen) atoms. The van der Waals surface area contributed by atoms with Gasteiger partial charge < -0.3 is 20.7 Å². The second-order valence-corrected chi connectivity index (χ2v) is 11.6. The number of anilines is 1. The molecule has 0 saturated carbocycles. The fourth-order valence-corrected chi connectivity index (χ4v) is 4.44. The summed E-state index contributed by atoms with van der Waals surface area (Å²) in [6.45, 7) is 13.0. The minimum absolute atomic E-state index is 0.245. The van der Waals surface area contributed by atoms with E-state index in [1.807, 2.05) is 26.0 Å². The molecule has 2 aromatic carbocycles. The Bertz CT molecular complexity index is 1420. The van der Waals surface area contributed by atoms with Crippen LogP contribution in [0.2, 0.25) is 0 Å². The van der Waals surface area contributed by atoms with Gasteiger partial charge in [0.15, 0.2) is 11.4 Å². The highest BCUT2D eigenvalue weighted by atomic mass is 32.1. The van der Waals surface area contributed by atoms with E-state index in [4.69, 9.17) is 4.74 Å². The maximum atomic E-state index is 12.8. The molecule has 0 aliphatic carbocycles. The van der Waals surface area contributed by atoms with Crippen molar-refractivity contribution in [2.75, 3.05) is 18.4 Å². The van der Waals surface area contributed by atoms with E-state index in [-0.39, 0.29) is 6.54 Å². The standard InChI is InChI=1S/C30H34N4O5S/c1-7-19-11-12-20(13-22(19)16-35)24-17-40-27(33-24)34-25(36)15-31-26(37)21-9-8-10-23(14-21)30(5,6)18-32-28(38)39-29(2,3)4/h7-14,16-17H,1,15,18H2,2-6H3,(H,31,37)(H,32,38)(H,33,34,36). The van der Waals surface area contributed by atoms with Crippen LogP contribution >= 0.6 is 11.3 Å². The van der Waals surface area contributed by atoms with Crippen molar-refractivity contribution in [1.82, 2.24) is 15.6 Å². The highest BCUT2D eigenvalue weighted by Crippen LogP contribution is 2.27. The zero-order chi connectivity index (χ0) is 29.5. The summed E-state index contributed by atoms with van der Waals surface area (Å²) in [6.07, 6.45) is 1.86. The number of aromatic nitrogens is 1. The summed E-state index contributed by atoms with van der Waals surface area (Å²) in [5, 5.41) is 10.2. The van der Waals surface area contributed by atoms with E-state index in [0.29, 0.717) is 28.5 Å². The van der Waals surface area contributed by atoms with E-state index in [0.717, 1.165) is 23.0 Å². The van der Waals surface area contributed by atoms with Crippen molar-refractivity contribution in [2.24, 2.45) is 0 Å². The van der Waals surface area contributed by atoms with Crippen molar-refractivity contribution in [3.8, 4) is 11.3 Å². The van der Waals surface area contributed by atoms with Gasteiger partial charge in [0.2, 0.25) is 5.91 Å². The molecule has 3 N–H and O–H groups in total. The highest BCUT2D eigenvalue weighted by molar-refractivity contribution is 7.14. The number of benzene rings is 2. The number of carbonyl (C=O) groups is 4. The molecule has 3 aromatic rings. The number of hydrogen-bond donors (Lipinski definition) is 3. The van der Waals surface area contributed by atoms with Gasteiger partial charge in [-0.3, -0.25) is 14.4 Å². The number of rotatable bonds is 10. The Hall–Kier alpha value is -4.31. The van der Waals surface area contributed by atoms with Crippen LogP contribution in [0.15, 0.2) is 54.4 Å². The molecular weight excluding hydrogens is 528 g/mol. The maximum absolute atomic E-state index is 12.8. The summed E-state index contributed by atoms with van der Waals surface area (Å²) in [5.74, 6) is -0.834. The van der Waals surface area contributed by atoms with Gasteiger partial charge in [-0.2, -0.15) is 0 Å². The molecule has 0 spiro atoms. The summed E-state index contributed by atoms with van der Waals surface area (Å²) in [7, 11) is 0. The zero-order valence-corrected chi connectivity index (χ0v) is 24.1. The minimum Gasteiger partial charge on any atom is -0.444 e. The third-order valence-electron chi connectivity index (χ3n) is 5.87.